The molecule has 2 aromatic rings. The van der Waals surface area contributed by atoms with Gasteiger partial charge in [0.15, 0.2) is 12.0 Å². The van der Waals surface area contributed by atoms with Crippen LogP contribution < -0.4 is 4.90 Å². The molecule has 2 heterocycles. The van der Waals surface area contributed by atoms with Crippen molar-refractivity contribution in [3.8, 4) is 11.3 Å². The van der Waals surface area contributed by atoms with Gasteiger partial charge in [0, 0.05) is 38.2 Å². The highest BCUT2D eigenvalue weighted by Gasteiger charge is 2.23. The van der Waals surface area contributed by atoms with E-state index < -0.39 is 0 Å². The summed E-state index contributed by atoms with van der Waals surface area (Å²) in [6.07, 6.45) is 1.28. The number of furan rings is 1. The van der Waals surface area contributed by atoms with E-state index in [0.29, 0.717) is 48.3 Å². The van der Waals surface area contributed by atoms with E-state index in [1.807, 2.05) is 23.1 Å². The van der Waals surface area contributed by atoms with Gasteiger partial charge >= 0.3 is 0 Å². The van der Waals surface area contributed by atoms with Crippen LogP contribution in [-0.4, -0.2) is 43.3 Å². The van der Waals surface area contributed by atoms with Crippen molar-refractivity contribution in [2.45, 2.75) is 20.3 Å². The first kappa shape index (κ1) is 18.5. The first-order chi connectivity index (χ1) is 12.5. The zero-order valence-electron chi connectivity index (χ0n) is 15.1. The summed E-state index contributed by atoms with van der Waals surface area (Å²) in [7, 11) is 0. The van der Waals surface area contributed by atoms with Crippen LogP contribution in [0.1, 0.15) is 30.8 Å². The number of piperazine rings is 1. The van der Waals surface area contributed by atoms with Gasteiger partial charge in [-0.1, -0.05) is 25.4 Å². The maximum Gasteiger partial charge on any atom is 0.222 e. The van der Waals surface area contributed by atoms with Crippen LogP contribution >= 0.6 is 11.6 Å². The predicted molar refractivity (Wildman–Crippen MR) is 103 cm³/mol. The zero-order chi connectivity index (χ0) is 18.7. The molecule has 0 radical (unpaired) electrons. The van der Waals surface area contributed by atoms with Gasteiger partial charge in [0.1, 0.15) is 5.76 Å². The molecule has 138 valence electrons. The number of anilines is 1. The SMILES string of the molecule is CC(C)CC(=O)N1CCN(c2ccc(-c3ccc(C=O)o3)cc2Cl)CC1. The lowest BCUT2D eigenvalue weighted by atomic mass is 10.1. The van der Waals surface area contributed by atoms with Crippen molar-refractivity contribution < 1.29 is 14.0 Å². The first-order valence-corrected chi connectivity index (χ1v) is 9.23. The third-order valence-corrected chi connectivity index (χ3v) is 4.83. The highest BCUT2D eigenvalue weighted by Crippen LogP contribution is 2.32. The summed E-state index contributed by atoms with van der Waals surface area (Å²) in [5.41, 5.74) is 1.78. The molecule has 6 heteroatoms. The van der Waals surface area contributed by atoms with Crippen LogP contribution in [0.5, 0.6) is 0 Å². The van der Waals surface area contributed by atoms with Crippen LogP contribution in [0.25, 0.3) is 11.3 Å². The third kappa shape index (κ3) is 4.10. The van der Waals surface area contributed by atoms with Crippen LogP contribution in [0.4, 0.5) is 5.69 Å². The number of halogens is 1. The van der Waals surface area contributed by atoms with Gasteiger partial charge in [0.25, 0.3) is 0 Å². The summed E-state index contributed by atoms with van der Waals surface area (Å²) in [5, 5.41) is 0.633. The lowest BCUT2D eigenvalue weighted by Gasteiger charge is -2.36. The van der Waals surface area contributed by atoms with Gasteiger partial charge in [-0.25, -0.2) is 0 Å². The molecule has 1 aromatic heterocycles. The standard InChI is InChI=1S/C20H23ClN2O3/c1-14(2)11-20(25)23-9-7-22(8-10-23)18-5-3-15(12-17(18)21)19-6-4-16(13-24)26-19/h3-6,12-14H,7-11H2,1-2H3. The van der Waals surface area contributed by atoms with Gasteiger partial charge in [0.05, 0.1) is 10.7 Å². The molecule has 0 N–H and O–H groups in total. The molecular formula is C20H23ClN2O3. The Balaban J connectivity index is 1.67. The van der Waals surface area contributed by atoms with Crippen molar-refractivity contribution in [3.63, 3.8) is 0 Å². The number of benzene rings is 1. The molecule has 1 aliphatic rings. The summed E-state index contributed by atoms with van der Waals surface area (Å²) in [5.74, 6) is 1.51. The van der Waals surface area contributed by atoms with Gasteiger partial charge in [-0.05, 0) is 36.2 Å². The van der Waals surface area contributed by atoms with E-state index in [0.717, 1.165) is 24.3 Å². The Bertz CT molecular complexity index is 792. The maximum absolute atomic E-state index is 12.2. The van der Waals surface area contributed by atoms with Gasteiger partial charge in [-0.15, -0.1) is 0 Å². The van der Waals surface area contributed by atoms with Crippen LogP contribution in [0.3, 0.4) is 0 Å². The smallest absolute Gasteiger partial charge is 0.222 e. The van der Waals surface area contributed by atoms with E-state index in [1.54, 1.807) is 12.1 Å². The molecule has 0 saturated carbocycles. The summed E-state index contributed by atoms with van der Waals surface area (Å²) in [6, 6.07) is 9.14. The second-order valence-electron chi connectivity index (χ2n) is 6.95. The summed E-state index contributed by atoms with van der Waals surface area (Å²) < 4.78 is 5.45. The quantitative estimate of drug-likeness (QED) is 0.739. The highest BCUT2D eigenvalue weighted by atomic mass is 35.5. The van der Waals surface area contributed by atoms with Crippen LogP contribution in [0.2, 0.25) is 5.02 Å². The molecule has 5 nitrogen and oxygen atoms in total. The number of carbonyl (C=O) groups is 2. The molecule has 0 spiro atoms. The lowest BCUT2D eigenvalue weighted by molar-refractivity contribution is -0.132. The second kappa shape index (κ2) is 7.96. The van der Waals surface area contributed by atoms with Crippen molar-refractivity contribution in [3.05, 3.63) is 41.1 Å². The molecule has 0 unspecified atom stereocenters. The molecule has 26 heavy (non-hydrogen) atoms. The topological polar surface area (TPSA) is 53.8 Å². The molecule has 1 aromatic carbocycles. The fourth-order valence-corrected chi connectivity index (χ4v) is 3.46. The number of hydrogen-bond donors (Lipinski definition) is 0. The van der Waals surface area contributed by atoms with Gasteiger partial charge in [-0.3, -0.25) is 9.59 Å². The van der Waals surface area contributed by atoms with Gasteiger partial charge in [0.2, 0.25) is 5.91 Å². The Morgan fingerprint density at radius 3 is 2.50 bits per heavy atom. The zero-order valence-corrected chi connectivity index (χ0v) is 15.8. The van der Waals surface area contributed by atoms with Crippen molar-refractivity contribution >= 4 is 29.5 Å². The Hall–Kier alpha value is -2.27. The summed E-state index contributed by atoms with van der Waals surface area (Å²) in [6.45, 7) is 7.08. The lowest BCUT2D eigenvalue weighted by Crippen LogP contribution is -2.49. The molecule has 3 rings (SSSR count). The predicted octanol–water partition coefficient (Wildman–Crippen LogP) is 4.11. The number of carbonyl (C=O) groups excluding carboxylic acids is 2. The average Bonchev–Trinajstić information content (AvgIpc) is 3.10. The van der Waals surface area contributed by atoms with Crippen molar-refractivity contribution in [1.82, 2.24) is 4.90 Å². The largest absolute Gasteiger partial charge is 0.453 e. The molecule has 1 amide bonds. The first-order valence-electron chi connectivity index (χ1n) is 8.85. The molecular weight excluding hydrogens is 352 g/mol. The number of amides is 1. The van der Waals surface area contributed by atoms with Crippen molar-refractivity contribution in [2.24, 2.45) is 5.92 Å². The molecule has 0 aliphatic carbocycles. The van der Waals surface area contributed by atoms with Crippen molar-refractivity contribution in [1.29, 1.82) is 0 Å². The molecule has 0 atom stereocenters. The normalized spacial score (nSPS) is 14.8. The summed E-state index contributed by atoms with van der Waals surface area (Å²) in [4.78, 5) is 27.1. The third-order valence-electron chi connectivity index (χ3n) is 4.53. The highest BCUT2D eigenvalue weighted by molar-refractivity contribution is 6.33. The number of hydrogen-bond acceptors (Lipinski definition) is 4. The van der Waals surface area contributed by atoms with E-state index in [1.165, 1.54) is 0 Å². The van der Waals surface area contributed by atoms with Crippen LogP contribution in [0.15, 0.2) is 34.7 Å². The fourth-order valence-electron chi connectivity index (χ4n) is 3.16. The number of nitrogens with zero attached hydrogens (tertiary/aromatic N) is 2. The Morgan fingerprint density at radius 2 is 1.92 bits per heavy atom. The van der Waals surface area contributed by atoms with Crippen LogP contribution in [0, 0.1) is 5.92 Å². The molecule has 1 fully saturated rings. The van der Waals surface area contributed by atoms with Gasteiger partial charge in [-0.2, -0.15) is 0 Å². The van der Waals surface area contributed by atoms with Gasteiger partial charge < -0.3 is 14.2 Å². The minimum Gasteiger partial charge on any atom is -0.453 e. The Labute approximate surface area is 158 Å². The van der Waals surface area contributed by atoms with E-state index in [2.05, 4.69) is 18.7 Å². The monoisotopic (exact) mass is 374 g/mol. The molecule has 1 aliphatic heterocycles. The Kier molecular flexibility index (Phi) is 5.67. The second-order valence-corrected chi connectivity index (χ2v) is 7.36. The minimum atomic E-state index is 0.227. The van der Waals surface area contributed by atoms with Crippen LogP contribution in [-0.2, 0) is 4.79 Å². The number of rotatable bonds is 5. The number of aldehydes is 1. The fraction of sp³-hybridized carbons (Fsp3) is 0.400. The molecule has 0 bridgehead atoms. The summed E-state index contributed by atoms with van der Waals surface area (Å²) >= 11 is 6.49. The van der Waals surface area contributed by atoms with E-state index in [-0.39, 0.29) is 5.91 Å². The van der Waals surface area contributed by atoms with E-state index in [4.69, 9.17) is 16.0 Å². The molecule has 1 saturated heterocycles. The van der Waals surface area contributed by atoms with E-state index >= 15 is 0 Å². The van der Waals surface area contributed by atoms with Crippen molar-refractivity contribution in [2.75, 3.05) is 31.1 Å². The maximum atomic E-state index is 12.2. The Morgan fingerprint density at radius 1 is 1.19 bits per heavy atom. The van der Waals surface area contributed by atoms with E-state index in [9.17, 15) is 9.59 Å². The minimum absolute atomic E-state index is 0.227. The average molecular weight is 375 g/mol.